The molecular formula is C29H28N4O4. The van der Waals surface area contributed by atoms with Crippen LogP contribution in [0.2, 0.25) is 0 Å². The van der Waals surface area contributed by atoms with Crippen LogP contribution in [-0.4, -0.2) is 27.8 Å². The molecule has 0 saturated heterocycles. The molecule has 5 rings (SSSR count). The average Bonchev–Trinajstić information content (AvgIpc) is 3.72. The van der Waals surface area contributed by atoms with Gasteiger partial charge in [0.2, 0.25) is 0 Å². The summed E-state index contributed by atoms with van der Waals surface area (Å²) in [6.45, 7) is 2.48. The summed E-state index contributed by atoms with van der Waals surface area (Å²) in [7, 11) is 1.77. The van der Waals surface area contributed by atoms with E-state index in [2.05, 4.69) is 10.6 Å². The predicted octanol–water partition coefficient (Wildman–Crippen LogP) is 4.78. The lowest BCUT2D eigenvalue weighted by atomic mass is 10.1. The maximum absolute atomic E-state index is 13.1. The number of anilines is 2. The van der Waals surface area contributed by atoms with Crippen LogP contribution in [0.3, 0.4) is 0 Å². The zero-order chi connectivity index (χ0) is 25.9. The van der Waals surface area contributed by atoms with E-state index in [1.165, 1.54) is 17.5 Å². The first-order valence-electron chi connectivity index (χ1n) is 12.2. The van der Waals surface area contributed by atoms with Crippen molar-refractivity contribution in [2.75, 3.05) is 17.2 Å². The van der Waals surface area contributed by atoms with Crippen LogP contribution in [0.5, 0.6) is 5.75 Å². The second-order valence-electron chi connectivity index (χ2n) is 9.20. The summed E-state index contributed by atoms with van der Waals surface area (Å²) in [4.78, 5) is 38.9. The summed E-state index contributed by atoms with van der Waals surface area (Å²) < 4.78 is 8.93. The lowest BCUT2D eigenvalue weighted by Crippen LogP contribution is -2.23. The van der Waals surface area contributed by atoms with Gasteiger partial charge in [-0.2, -0.15) is 0 Å². The number of hydrogen-bond acceptors (Lipinski definition) is 4. The molecule has 0 radical (unpaired) electrons. The number of carbonyl (C=O) groups excluding carboxylic acids is 2. The number of nitrogens with zero attached hydrogens (tertiary/aromatic N) is 2. The number of ether oxygens (including phenoxy) is 1. The molecule has 37 heavy (non-hydrogen) atoms. The average molecular weight is 497 g/mol. The van der Waals surface area contributed by atoms with Crippen molar-refractivity contribution in [3.05, 3.63) is 106 Å². The molecule has 1 aliphatic rings. The SMILES string of the molecule is Cc1c(NC(=O)c2cccc(NC(=O)c3ccc(OCC4CC4)cc3)c2)c(=O)n(-c2ccccc2)n1C. The smallest absolute Gasteiger partial charge is 0.295 e. The molecule has 2 amide bonds. The Morgan fingerprint density at radius 2 is 1.59 bits per heavy atom. The first-order chi connectivity index (χ1) is 17.9. The Morgan fingerprint density at radius 3 is 2.30 bits per heavy atom. The van der Waals surface area contributed by atoms with Gasteiger partial charge in [-0.3, -0.25) is 19.1 Å². The molecule has 1 aliphatic carbocycles. The Hall–Kier alpha value is -4.59. The highest BCUT2D eigenvalue weighted by molar-refractivity contribution is 6.07. The van der Waals surface area contributed by atoms with Crippen LogP contribution < -0.4 is 20.9 Å². The summed E-state index contributed by atoms with van der Waals surface area (Å²) in [5.41, 5.74) is 2.47. The number of hydrogen-bond donors (Lipinski definition) is 2. The number of benzene rings is 3. The predicted molar refractivity (Wildman–Crippen MR) is 143 cm³/mol. The summed E-state index contributed by atoms with van der Waals surface area (Å²) >= 11 is 0. The van der Waals surface area contributed by atoms with E-state index < -0.39 is 5.91 Å². The molecule has 1 aromatic heterocycles. The third-order valence-corrected chi connectivity index (χ3v) is 6.47. The quantitative estimate of drug-likeness (QED) is 0.367. The largest absolute Gasteiger partial charge is 0.493 e. The Balaban J connectivity index is 1.28. The molecule has 4 aromatic rings. The highest BCUT2D eigenvalue weighted by Crippen LogP contribution is 2.29. The van der Waals surface area contributed by atoms with Crippen molar-refractivity contribution < 1.29 is 14.3 Å². The first-order valence-corrected chi connectivity index (χ1v) is 12.2. The molecule has 2 N–H and O–H groups in total. The molecule has 3 aromatic carbocycles. The van der Waals surface area contributed by atoms with E-state index >= 15 is 0 Å². The van der Waals surface area contributed by atoms with Crippen LogP contribution in [0.15, 0.2) is 83.7 Å². The van der Waals surface area contributed by atoms with Gasteiger partial charge in [-0.05, 0) is 80.3 Å². The Bertz CT molecular complexity index is 1500. The van der Waals surface area contributed by atoms with Crippen molar-refractivity contribution in [2.24, 2.45) is 13.0 Å². The van der Waals surface area contributed by atoms with E-state index in [9.17, 15) is 14.4 Å². The molecular weight excluding hydrogens is 468 g/mol. The third kappa shape index (κ3) is 5.33. The van der Waals surface area contributed by atoms with Gasteiger partial charge in [-0.15, -0.1) is 0 Å². The molecule has 1 heterocycles. The molecule has 0 atom stereocenters. The zero-order valence-electron chi connectivity index (χ0n) is 20.7. The number of carbonyl (C=O) groups is 2. The third-order valence-electron chi connectivity index (χ3n) is 6.47. The fourth-order valence-electron chi connectivity index (χ4n) is 4.04. The van der Waals surface area contributed by atoms with Crippen molar-refractivity contribution in [1.82, 2.24) is 9.36 Å². The molecule has 8 heteroatoms. The van der Waals surface area contributed by atoms with E-state index in [0.717, 1.165) is 5.75 Å². The second kappa shape index (κ2) is 10.2. The van der Waals surface area contributed by atoms with Gasteiger partial charge in [-0.1, -0.05) is 24.3 Å². The van der Waals surface area contributed by atoms with Gasteiger partial charge in [-0.25, -0.2) is 4.68 Å². The fraction of sp³-hybridized carbons (Fsp3) is 0.207. The van der Waals surface area contributed by atoms with Crippen LogP contribution in [0.25, 0.3) is 5.69 Å². The van der Waals surface area contributed by atoms with Crippen LogP contribution in [0.4, 0.5) is 11.4 Å². The first kappa shape index (κ1) is 24.1. The second-order valence-corrected chi connectivity index (χ2v) is 9.20. The highest BCUT2D eigenvalue weighted by Gasteiger charge is 2.22. The Morgan fingerprint density at radius 1 is 0.892 bits per heavy atom. The van der Waals surface area contributed by atoms with Gasteiger partial charge in [0.15, 0.2) is 0 Å². The normalized spacial score (nSPS) is 12.7. The number of amides is 2. The van der Waals surface area contributed by atoms with Gasteiger partial charge < -0.3 is 15.4 Å². The molecule has 0 spiro atoms. The van der Waals surface area contributed by atoms with Crippen molar-refractivity contribution in [2.45, 2.75) is 19.8 Å². The van der Waals surface area contributed by atoms with E-state index in [-0.39, 0.29) is 17.2 Å². The van der Waals surface area contributed by atoms with Gasteiger partial charge in [0.1, 0.15) is 11.4 Å². The highest BCUT2D eigenvalue weighted by atomic mass is 16.5. The minimum Gasteiger partial charge on any atom is -0.493 e. The van der Waals surface area contributed by atoms with Crippen molar-refractivity contribution in [1.29, 1.82) is 0 Å². The summed E-state index contributed by atoms with van der Waals surface area (Å²) in [6, 6.07) is 22.8. The molecule has 0 bridgehead atoms. The summed E-state index contributed by atoms with van der Waals surface area (Å²) in [5.74, 6) is 0.656. The Kier molecular flexibility index (Phi) is 6.64. The number of rotatable bonds is 8. The number of aromatic nitrogens is 2. The topological polar surface area (TPSA) is 94.4 Å². The van der Waals surface area contributed by atoms with Crippen molar-refractivity contribution in [3.63, 3.8) is 0 Å². The van der Waals surface area contributed by atoms with Gasteiger partial charge >= 0.3 is 0 Å². The minimum absolute atomic E-state index is 0.204. The van der Waals surface area contributed by atoms with Gasteiger partial charge in [0, 0.05) is 23.9 Å². The fourth-order valence-corrected chi connectivity index (χ4v) is 4.04. The summed E-state index contributed by atoms with van der Waals surface area (Å²) in [5, 5.41) is 5.57. The molecule has 188 valence electrons. The Labute approximate surface area is 214 Å². The molecule has 0 aliphatic heterocycles. The molecule has 0 unspecified atom stereocenters. The van der Waals surface area contributed by atoms with Gasteiger partial charge in [0.05, 0.1) is 18.0 Å². The standard InChI is InChI=1S/C29H28N4O4/c1-19-26(29(36)33(32(19)2)24-9-4-3-5-10-24)31-28(35)22-7-6-8-23(17-22)30-27(34)21-13-15-25(16-14-21)37-18-20-11-12-20/h3-10,13-17,20H,11-12,18H2,1-2H3,(H,30,34)(H,31,35). The lowest BCUT2D eigenvalue weighted by Gasteiger charge is -2.09. The monoisotopic (exact) mass is 496 g/mol. The van der Waals surface area contributed by atoms with Crippen LogP contribution >= 0.6 is 0 Å². The van der Waals surface area contributed by atoms with Crippen LogP contribution in [0.1, 0.15) is 39.3 Å². The van der Waals surface area contributed by atoms with E-state index in [0.29, 0.717) is 40.7 Å². The maximum atomic E-state index is 13.1. The van der Waals surface area contributed by atoms with Gasteiger partial charge in [0.25, 0.3) is 17.4 Å². The van der Waals surface area contributed by atoms with E-state index in [1.807, 2.05) is 30.3 Å². The van der Waals surface area contributed by atoms with E-state index in [1.54, 1.807) is 67.2 Å². The van der Waals surface area contributed by atoms with Crippen LogP contribution in [0, 0.1) is 12.8 Å². The number of para-hydroxylation sites is 1. The summed E-state index contributed by atoms with van der Waals surface area (Å²) in [6.07, 6.45) is 2.43. The van der Waals surface area contributed by atoms with E-state index in [4.69, 9.17) is 4.74 Å². The molecule has 1 fully saturated rings. The van der Waals surface area contributed by atoms with Crippen LogP contribution in [-0.2, 0) is 7.05 Å². The zero-order valence-corrected chi connectivity index (χ0v) is 20.7. The lowest BCUT2D eigenvalue weighted by molar-refractivity contribution is 0.101. The maximum Gasteiger partial charge on any atom is 0.295 e. The number of nitrogens with one attached hydrogen (secondary N) is 2. The van der Waals surface area contributed by atoms with Crippen molar-refractivity contribution >= 4 is 23.2 Å². The molecule has 8 nitrogen and oxygen atoms in total. The minimum atomic E-state index is -0.445. The molecule has 1 saturated carbocycles. The van der Waals surface area contributed by atoms with Crippen molar-refractivity contribution in [3.8, 4) is 11.4 Å².